The highest BCUT2D eigenvalue weighted by molar-refractivity contribution is 5.73. The van der Waals surface area contributed by atoms with Crippen molar-refractivity contribution < 1.29 is 10.2 Å². The highest BCUT2D eigenvalue weighted by Gasteiger charge is 2.04. The first-order chi connectivity index (χ1) is 4.63. The molecule has 0 spiro atoms. The Hall–Kier alpha value is -1.58. The molecule has 0 aliphatic rings. The Labute approximate surface area is 57.7 Å². The number of nitrogens with two attached hydrogens (primary N) is 2. The second-order valence-electron chi connectivity index (χ2n) is 1.94. The molecule has 1 aromatic carbocycles. The Balaban J connectivity index is 3.34. The van der Waals surface area contributed by atoms with Gasteiger partial charge in [-0.3, -0.25) is 0 Å². The van der Waals surface area contributed by atoms with Crippen LogP contribution in [0.4, 0.5) is 11.4 Å². The zero-order valence-electron chi connectivity index (χ0n) is 5.20. The third-order valence-corrected chi connectivity index (χ3v) is 1.23. The van der Waals surface area contributed by atoms with Crippen LogP contribution in [-0.4, -0.2) is 10.2 Å². The molecule has 0 unspecified atom stereocenters. The summed E-state index contributed by atoms with van der Waals surface area (Å²) >= 11 is 0. The number of phenols is 2. The number of anilines is 2. The van der Waals surface area contributed by atoms with Crippen molar-refractivity contribution in [1.82, 2.24) is 0 Å². The maximum Gasteiger partial charge on any atom is 0.183 e. The number of nitrogen functional groups attached to an aromatic ring is 2. The quantitative estimate of drug-likeness (QED) is 0.236. The molecule has 0 bridgehead atoms. The summed E-state index contributed by atoms with van der Waals surface area (Å²) in [7, 11) is 0. The van der Waals surface area contributed by atoms with Crippen molar-refractivity contribution >= 4 is 11.4 Å². The van der Waals surface area contributed by atoms with Crippen molar-refractivity contribution in [3.05, 3.63) is 12.1 Å². The summed E-state index contributed by atoms with van der Waals surface area (Å²) in [4.78, 5) is 0. The van der Waals surface area contributed by atoms with E-state index in [0.717, 1.165) is 0 Å². The van der Waals surface area contributed by atoms with Crippen molar-refractivity contribution in [2.45, 2.75) is 0 Å². The lowest BCUT2D eigenvalue weighted by molar-refractivity contribution is 0.406. The summed E-state index contributed by atoms with van der Waals surface area (Å²) in [6.07, 6.45) is 0. The zero-order chi connectivity index (χ0) is 7.72. The fourth-order valence-corrected chi connectivity index (χ4v) is 0.612. The van der Waals surface area contributed by atoms with Gasteiger partial charge in [-0.05, 0) is 12.1 Å². The number of benzene rings is 1. The molecule has 0 saturated heterocycles. The third-order valence-electron chi connectivity index (χ3n) is 1.23. The number of hydrogen-bond donors (Lipinski definition) is 4. The van der Waals surface area contributed by atoms with Gasteiger partial charge in [-0.2, -0.15) is 0 Å². The lowest BCUT2D eigenvalue weighted by Crippen LogP contribution is -1.93. The van der Waals surface area contributed by atoms with Crippen LogP contribution in [0.1, 0.15) is 0 Å². The average molecular weight is 140 g/mol. The van der Waals surface area contributed by atoms with Gasteiger partial charge in [0.05, 0.1) is 5.69 Å². The van der Waals surface area contributed by atoms with Gasteiger partial charge in [-0.15, -0.1) is 0 Å². The van der Waals surface area contributed by atoms with E-state index in [1.54, 1.807) is 0 Å². The predicted molar refractivity (Wildman–Crippen MR) is 38.6 cm³/mol. The molecule has 0 fully saturated rings. The molecule has 0 aliphatic carbocycles. The van der Waals surface area contributed by atoms with Crippen LogP contribution in [0.5, 0.6) is 11.5 Å². The standard InChI is InChI=1S/C6H8N2O2/c7-3-1-2-4(9)6(10)5(3)8/h1-2,9-10H,7-8H2. The molecule has 54 valence electrons. The monoisotopic (exact) mass is 140 g/mol. The molecule has 0 atom stereocenters. The van der Waals surface area contributed by atoms with Crippen LogP contribution in [0, 0.1) is 0 Å². The average Bonchev–Trinajstić information content (AvgIpc) is 1.93. The molecule has 0 saturated carbocycles. The summed E-state index contributed by atoms with van der Waals surface area (Å²) in [6, 6.07) is 2.70. The van der Waals surface area contributed by atoms with Gasteiger partial charge in [0.1, 0.15) is 5.69 Å². The molecule has 6 N–H and O–H groups in total. The van der Waals surface area contributed by atoms with Crippen LogP contribution in [0.3, 0.4) is 0 Å². The maximum absolute atomic E-state index is 8.93. The first-order valence-electron chi connectivity index (χ1n) is 2.69. The van der Waals surface area contributed by atoms with E-state index in [0.29, 0.717) is 0 Å². The van der Waals surface area contributed by atoms with Crippen LogP contribution in [0.15, 0.2) is 12.1 Å². The number of phenolic OH excluding ortho intramolecular Hbond substituents is 2. The Morgan fingerprint density at radius 1 is 1.10 bits per heavy atom. The van der Waals surface area contributed by atoms with E-state index in [4.69, 9.17) is 21.7 Å². The summed E-state index contributed by atoms with van der Waals surface area (Å²) in [5.41, 5.74) is 10.8. The Bertz CT molecular complexity index is 233. The SMILES string of the molecule is Nc1ccc(O)c(O)c1N. The molecular formula is C6H8N2O2. The molecule has 4 heteroatoms. The molecule has 0 radical (unpaired) electrons. The summed E-state index contributed by atoms with van der Waals surface area (Å²) in [5, 5.41) is 17.8. The largest absolute Gasteiger partial charge is 0.504 e. The summed E-state index contributed by atoms with van der Waals surface area (Å²) < 4.78 is 0. The molecular weight excluding hydrogens is 132 g/mol. The van der Waals surface area contributed by atoms with Gasteiger partial charge >= 0.3 is 0 Å². The van der Waals surface area contributed by atoms with Crippen molar-refractivity contribution in [3.63, 3.8) is 0 Å². The molecule has 0 amide bonds. The van der Waals surface area contributed by atoms with Crippen LogP contribution in [0.2, 0.25) is 0 Å². The minimum atomic E-state index is -0.361. The van der Waals surface area contributed by atoms with Crippen LogP contribution >= 0.6 is 0 Å². The Morgan fingerprint density at radius 3 is 2.20 bits per heavy atom. The normalized spacial score (nSPS) is 9.60. The van der Waals surface area contributed by atoms with Crippen molar-refractivity contribution in [1.29, 1.82) is 0 Å². The van der Waals surface area contributed by atoms with Gasteiger partial charge in [0.15, 0.2) is 11.5 Å². The molecule has 0 heterocycles. The lowest BCUT2D eigenvalue weighted by Gasteiger charge is -2.02. The summed E-state index contributed by atoms with van der Waals surface area (Å²) in [6.45, 7) is 0. The molecule has 0 aliphatic heterocycles. The van der Waals surface area contributed by atoms with Crippen LogP contribution in [-0.2, 0) is 0 Å². The second-order valence-corrected chi connectivity index (χ2v) is 1.94. The van der Waals surface area contributed by atoms with Crippen LogP contribution in [0.25, 0.3) is 0 Å². The molecule has 1 aromatic rings. The molecule has 0 aromatic heterocycles. The van der Waals surface area contributed by atoms with E-state index in [1.807, 2.05) is 0 Å². The first-order valence-corrected chi connectivity index (χ1v) is 2.69. The fraction of sp³-hybridized carbons (Fsp3) is 0. The topological polar surface area (TPSA) is 92.5 Å². The van der Waals surface area contributed by atoms with Gasteiger partial charge in [-0.1, -0.05) is 0 Å². The number of rotatable bonds is 0. The van der Waals surface area contributed by atoms with Gasteiger partial charge < -0.3 is 21.7 Å². The van der Waals surface area contributed by atoms with Gasteiger partial charge in [0.2, 0.25) is 0 Å². The van der Waals surface area contributed by atoms with Gasteiger partial charge in [0, 0.05) is 0 Å². The van der Waals surface area contributed by atoms with Gasteiger partial charge in [-0.25, -0.2) is 0 Å². The van der Waals surface area contributed by atoms with E-state index >= 15 is 0 Å². The molecule has 10 heavy (non-hydrogen) atoms. The number of hydrogen-bond acceptors (Lipinski definition) is 4. The highest BCUT2D eigenvalue weighted by Crippen LogP contribution is 2.34. The lowest BCUT2D eigenvalue weighted by atomic mass is 10.2. The second kappa shape index (κ2) is 1.98. The van der Waals surface area contributed by atoms with E-state index < -0.39 is 0 Å². The minimum Gasteiger partial charge on any atom is -0.504 e. The van der Waals surface area contributed by atoms with Crippen molar-refractivity contribution in [3.8, 4) is 11.5 Å². The smallest absolute Gasteiger partial charge is 0.183 e. The fourth-order valence-electron chi connectivity index (χ4n) is 0.612. The minimum absolute atomic E-state index is 0.0139. The predicted octanol–water partition coefficient (Wildman–Crippen LogP) is 0.262. The van der Waals surface area contributed by atoms with E-state index in [2.05, 4.69) is 0 Å². The van der Waals surface area contributed by atoms with Crippen molar-refractivity contribution in [2.24, 2.45) is 0 Å². The maximum atomic E-state index is 8.93. The Kier molecular flexibility index (Phi) is 1.30. The Morgan fingerprint density at radius 2 is 1.70 bits per heavy atom. The molecule has 1 rings (SSSR count). The summed E-state index contributed by atoms with van der Waals surface area (Å²) in [5.74, 6) is -0.619. The van der Waals surface area contributed by atoms with Crippen molar-refractivity contribution in [2.75, 3.05) is 11.5 Å². The third kappa shape index (κ3) is 0.793. The van der Waals surface area contributed by atoms with E-state index in [-0.39, 0.29) is 22.9 Å². The molecule has 4 nitrogen and oxygen atoms in total. The van der Waals surface area contributed by atoms with E-state index in [9.17, 15) is 0 Å². The highest BCUT2D eigenvalue weighted by atomic mass is 16.3. The van der Waals surface area contributed by atoms with Crippen LogP contribution < -0.4 is 11.5 Å². The van der Waals surface area contributed by atoms with Gasteiger partial charge in [0.25, 0.3) is 0 Å². The van der Waals surface area contributed by atoms with E-state index in [1.165, 1.54) is 12.1 Å². The zero-order valence-corrected chi connectivity index (χ0v) is 5.20. The number of aromatic hydroxyl groups is 2. The first kappa shape index (κ1) is 6.54.